The van der Waals surface area contributed by atoms with Crippen molar-refractivity contribution in [3.8, 4) is 0 Å². The van der Waals surface area contributed by atoms with Gasteiger partial charge in [0.15, 0.2) is 0 Å². The van der Waals surface area contributed by atoms with E-state index < -0.39 is 6.10 Å². The summed E-state index contributed by atoms with van der Waals surface area (Å²) in [6.07, 6.45) is 1.06. The van der Waals surface area contributed by atoms with Gasteiger partial charge >= 0.3 is 0 Å². The van der Waals surface area contributed by atoms with Crippen molar-refractivity contribution in [3.05, 3.63) is 0 Å². The van der Waals surface area contributed by atoms with Gasteiger partial charge < -0.3 is 10.2 Å². The minimum Gasteiger partial charge on any atom is -0.394 e. The Morgan fingerprint density at radius 3 is 2.45 bits per heavy atom. The van der Waals surface area contributed by atoms with E-state index in [-0.39, 0.29) is 6.61 Å². The van der Waals surface area contributed by atoms with E-state index in [0.717, 1.165) is 13.0 Å². The Morgan fingerprint density at radius 2 is 1.91 bits per heavy atom. The van der Waals surface area contributed by atoms with Crippen molar-refractivity contribution in [3.63, 3.8) is 0 Å². The van der Waals surface area contributed by atoms with E-state index in [1.165, 1.54) is 0 Å². The highest BCUT2D eigenvalue weighted by Crippen LogP contribution is 1.85. The highest BCUT2D eigenvalue weighted by Gasteiger charge is 1.98. The number of aliphatic hydroxyl groups excluding tert-OH is 2. The Balaban J connectivity index is 2.89. The van der Waals surface area contributed by atoms with Crippen molar-refractivity contribution < 1.29 is 10.2 Å². The van der Waals surface area contributed by atoms with Crippen molar-refractivity contribution in [2.75, 3.05) is 19.7 Å². The first-order chi connectivity index (χ1) is 5.31. The van der Waals surface area contributed by atoms with Crippen molar-refractivity contribution in [2.24, 2.45) is 0 Å². The minimum absolute atomic E-state index is 0.157. The second-order valence-corrected chi connectivity index (χ2v) is 2.48. The van der Waals surface area contributed by atoms with E-state index in [1.807, 2.05) is 0 Å². The first-order valence-corrected chi connectivity index (χ1v) is 4.06. The predicted octanol–water partition coefficient (Wildman–Crippen LogP) is -0.766. The second kappa shape index (κ2) is 7.94. The Kier molecular flexibility index (Phi) is 7.83. The number of rotatable bonds is 7. The number of hydrogen-bond donors (Lipinski definition) is 4. The summed E-state index contributed by atoms with van der Waals surface area (Å²) in [6.45, 7) is 3.53. The first-order valence-electron chi connectivity index (χ1n) is 4.06. The summed E-state index contributed by atoms with van der Waals surface area (Å²) < 4.78 is 0. The summed E-state index contributed by atoms with van der Waals surface area (Å²) in [4.78, 5) is 0. The summed E-state index contributed by atoms with van der Waals surface area (Å²) in [5.74, 6) is 0. The lowest BCUT2D eigenvalue weighted by molar-refractivity contribution is 0.0875. The van der Waals surface area contributed by atoms with Gasteiger partial charge in [0.05, 0.1) is 12.7 Å². The summed E-state index contributed by atoms with van der Waals surface area (Å²) in [6, 6.07) is 0. The molecule has 0 aromatic carbocycles. The van der Waals surface area contributed by atoms with Gasteiger partial charge in [0.2, 0.25) is 0 Å². The lowest BCUT2D eigenvalue weighted by atomic mass is 10.3. The van der Waals surface area contributed by atoms with Gasteiger partial charge in [-0.3, -0.25) is 10.9 Å². The molecule has 0 fully saturated rings. The first kappa shape index (κ1) is 10.8. The van der Waals surface area contributed by atoms with Crippen molar-refractivity contribution in [1.29, 1.82) is 0 Å². The fraction of sp³-hybridized carbons (Fsp3) is 1.00. The van der Waals surface area contributed by atoms with Crippen LogP contribution in [0, 0.1) is 0 Å². The fourth-order valence-corrected chi connectivity index (χ4v) is 0.632. The van der Waals surface area contributed by atoms with Gasteiger partial charge in [-0.1, -0.05) is 6.92 Å². The topological polar surface area (TPSA) is 64.5 Å². The van der Waals surface area contributed by atoms with Gasteiger partial charge in [-0.2, -0.15) is 0 Å². The van der Waals surface area contributed by atoms with E-state index in [0.29, 0.717) is 13.0 Å². The predicted molar refractivity (Wildman–Crippen MR) is 44.0 cm³/mol. The summed E-state index contributed by atoms with van der Waals surface area (Å²) >= 11 is 0. The van der Waals surface area contributed by atoms with Crippen LogP contribution in [0.5, 0.6) is 0 Å². The summed E-state index contributed by atoms with van der Waals surface area (Å²) in [5, 5.41) is 17.3. The molecule has 0 bridgehead atoms. The molecule has 4 N–H and O–H groups in total. The van der Waals surface area contributed by atoms with Gasteiger partial charge in [-0.25, -0.2) is 0 Å². The molecule has 0 saturated heterocycles. The highest BCUT2D eigenvalue weighted by atomic mass is 16.3. The molecule has 0 rings (SSSR count). The number of hydrazine groups is 1. The standard InChI is InChI=1S/C7H18N2O2/c1-2-4-8-9-5-3-7(11)6-10/h7-11H,2-6H2,1H3. The Labute approximate surface area is 67.6 Å². The average molecular weight is 162 g/mol. The molecule has 0 aromatic heterocycles. The SMILES string of the molecule is CCCNNCCC(O)CO. The van der Waals surface area contributed by atoms with Gasteiger partial charge in [-0.05, 0) is 12.8 Å². The molecule has 0 aliphatic carbocycles. The van der Waals surface area contributed by atoms with Crippen molar-refractivity contribution >= 4 is 0 Å². The maximum atomic E-state index is 8.90. The van der Waals surface area contributed by atoms with Crippen LogP contribution in [0.4, 0.5) is 0 Å². The Hall–Kier alpha value is -0.160. The molecule has 11 heavy (non-hydrogen) atoms. The molecule has 68 valence electrons. The molecule has 0 aliphatic heterocycles. The third-order valence-electron chi connectivity index (χ3n) is 1.31. The number of hydrogen-bond acceptors (Lipinski definition) is 4. The van der Waals surface area contributed by atoms with E-state index in [4.69, 9.17) is 10.2 Å². The molecule has 0 aliphatic rings. The van der Waals surface area contributed by atoms with Crippen LogP contribution in [-0.4, -0.2) is 36.0 Å². The zero-order chi connectivity index (χ0) is 8.53. The lowest BCUT2D eigenvalue weighted by Gasteiger charge is -2.08. The molecule has 0 heterocycles. The van der Waals surface area contributed by atoms with Crippen LogP contribution < -0.4 is 10.9 Å². The van der Waals surface area contributed by atoms with E-state index in [1.54, 1.807) is 0 Å². The van der Waals surface area contributed by atoms with E-state index in [9.17, 15) is 0 Å². The van der Waals surface area contributed by atoms with E-state index in [2.05, 4.69) is 17.8 Å². The second-order valence-electron chi connectivity index (χ2n) is 2.48. The van der Waals surface area contributed by atoms with Crippen molar-refractivity contribution in [1.82, 2.24) is 10.9 Å². The summed E-state index contributed by atoms with van der Waals surface area (Å²) in [7, 11) is 0. The van der Waals surface area contributed by atoms with Crippen LogP contribution in [0.25, 0.3) is 0 Å². The molecule has 1 atom stereocenters. The molecule has 0 aromatic rings. The van der Waals surface area contributed by atoms with E-state index >= 15 is 0 Å². The molecule has 0 spiro atoms. The molecule has 1 unspecified atom stereocenters. The minimum atomic E-state index is -0.592. The summed E-state index contributed by atoms with van der Waals surface area (Å²) in [5.41, 5.74) is 5.90. The normalized spacial score (nSPS) is 13.4. The zero-order valence-electron chi connectivity index (χ0n) is 7.01. The average Bonchev–Trinajstić information content (AvgIpc) is 2.04. The smallest absolute Gasteiger partial charge is 0.0783 e. The zero-order valence-corrected chi connectivity index (χ0v) is 7.01. The highest BCUT2D eigenvalue weighted by molar-refractivity contribution is 4.53. The van der Waals surface area contributed by atoms with Crippen LogP contribution in [0.15, 0.2) is 0 Å². The number of nitrogens with one attached hydrogen (secondary N) is 2. The Bertz CT molecular complexity index is 80.8. The third-order valence-corrected chi connectivity index (χ3v) is 1.31. The van der Waals surface area contributed by atoms with Crippen LogP contribution in [-0.2, 0) is 0 Å². The molecule has 4 nitrogen and oxygen atoms in total. The molecule has 0 amide bonds. The largest absolute Gasteiger partial charge is 0.394 e. The number of aliphatic hydroxyl groups is 2. The quantitative estimate of drug-likeness (QED) is 0.293. The van der Waals surface area contributed by atoms with Crippen LogP contribution in [0.3, 0.4) is 0 Å². The van der Waals surface area contributed by atoms with Crippen molar-refractivity contribution in [2.45, 2.75) is 25.9 Å². The monoisotopic (exact) mass is 162 g/mol. The van der Waals surface area contributed by atoms with Gasteiger partial charge in [0, 0.05) is 13.1 Å². The van der Waals surface area contributed by atoms with Gasteiger partial charge in [-0.15, -0.1) is 0 Å². The molecule has 0 radical (unpaired) electrons. The Morgan fingerprint density at radius 1 is 1.27 bits per heavy atom. The molecule has 0 saturated carbocycles. The van der Waals surface area contributed by atoms with Gasteiger partial charge in [0.1, 0.15) is 0 Å². The third kappa shape index (κ3) is 7.74. The molecule has 4 heteroatoms. The fourth-order valence-electron chi connectivity index (χ4n) is 0.632. The van der Waals surface area contributed by atoms with Crippen LogP contribution in [0.2, 0.25) is 0 Å². The maximum absolute atomic E-state index is 8.90. The lowest BCUT2D eigenvalue weighted by Crippen LogP contribution is -2.34. The van der Waals surface area contributed by atoms with Crippen LogP contribution >= 0.6 is 0 Å². The van der Waals surface area contributed by atoms with Gasteiger partial charge in [0.25, 0.3) is 0 Å². The molecular formula is C7H18N2O2. The maximum Gasteiger partial charge on any atom is 0.0783 e. The molecular weight excluding hydrogens is 144 g/mol. The van der Waals surface area contributed by atoms with Crippen LogP contribution in [0.1, 0.15) is 19.8 Å².